The van der Waals surface area contributed by atoms with E-state index in [4.69, 9.17) is 0 Å². The van der Waals surface area contributed by atoms with Crippen molar-refractivity contribution in [1.29, 1.82) is 0 Å². The molecule has 0 radical (unpaired) electrons. The van der Waals surface area contributed by atoms with Crippen molar-refractivity contribution < 1.29 is 15.0 Å². The van der Waals surface area contributed by atoms with E-state index in [9.17, 15) is 15.0 Å². The van der Waals surface area contributed by atoms with Gasteiger partial charge in [0.25, 0.3) is 0 Å². The molecular formula is C23H24N2O3. The number of aryl methyl sites for hydroxylation is 1. The summed E-state index contributed by atoms with van der Waals surface area (Å²) in [6.07, 6.45) is 3.92. The second kappa shape index (κ2) is 5.53. The smallest absolute Gasteiger partial charge is 0.235 e. The summed E-state index contributed by atoms with van der Waals surface area (Å²) in [5.41, 5.74) is 3.71. The molecule has 5 heteroatoms. The molecule has 5 nitrogen and oxygen atoms in total. The molecule has 3 aromatic rings. The van der Waals surface area contributed by atoms with E-state index in [1.165, 1.54) is 36.2 Å². The largest absolute Gasteiger partial charge is 0.504 e. The predicted octanol–water partition coefficient (Wildman–Crippen LogP) is 4.31. The number of aromatic nitrogens is 1. The predicted molar refractivity (Wildman–Crippen MR) is 109 cm³/mol. The van der Waals surface area contributed by atoms with Crippen LogP contribution < -0.4 is 5.32 Å². The Morgan fingerprint density at radius 3 is 2.39 bits per heavy atom. The number of carbonyl (C=O) groups excluding carboxylic acids is 1. The lowest BCUT2D eigenvalue weighted by Crippen LogP contribution is -2.27. The van der Waals surface area contributed by atoms with Crippen LogP contribution in [0.2, 0.25) is 0 Å². The molecule has 144 valence electrons. The summed E-state index contributed by atoms with van der Waals surface area (Å²) in [4.78, 5) is 13.0. The Labute approximate surface area is 163 Å². The van der Waals surface area contributed by atoms with Crippen LogP contribution in [0.3, 0.4) is 0 Å². The minimum Gasteiger partial charge on any atom is -0.504 e. The van der Waals surface area contributed by atoms with Crippen molar-refractivity contribution in [3.8, 4) is 11.5 Å². The van der Waals surface area contributed by atoms with Crippen molar-refractivity contribution >= 4 is 22.5 Å². The second-order valence-corrected chi connectivity index (χ2v) is 8.66. The first-order chi connectivity index (χ1) is 13.3. The van der Waals surface area contributed by atoms with Crippen LogP contribution in [0, 0.1) is 0 Å². The van der Waals surface area contributed by atoms with Gasteiger partial charge in [0.2, 0.25) is 5.91 Å². The van der Waals surface area contributed by atoms with Crippen LogP contribution in [-0.4, -0.2) is 20.7 Å². The maximum Gasteiger partial charge on any atom is 0.235 e. The minimum absolute atomic E-state index is 0.0674. The number of hydrogen-bond donors (Lipinski definition) is 3. The third-order valence-corrected chi connectivity index (χ3v) is 6.63. The Kier molecular flexibility index (Phi) is 3.39. The van der Waals surface area contributed by atoms with Gasteiger partial charge in [-0.25, -0.2) is 0 Å². The van der Waals surface area contributed by atoms with Crippen LogP contribution >= 0.6 is 0 Å². The lowest BCUT2D eigenvalue weighted by atomic mass is 9.94. The van der Waals surface area contributed by atoms with Crippen molar-refractivity contribution in [2.75, 3.05) is 5.32 Å². The molecule has 2 aliphatic rings. The van der Waals surface area contributed by atoms with Crippen LogP contribution in [0.15, 0.2) is 42.5 Å². The highest BCUT2D eigenvalue weighted by Crippen LogP contribution is 2.51. The molecule has 2 saturated carbocycles. The molecule has 0 bridgehead atoms. The monoisotopic (exact) mass is 376 g/mol. The zero-order valence-corrected chi connectivity index (χ0v) is 16.1. The van der Waals surface area contributed by atoms with Crippen LogP contribution in [-0.2, 0) is 22.7 Å². The van der Waals surface area contributed by atoms with Gasteiger partial charge in [0, 0.05) is 34.7 Å². The molecule has 0 atom stereocenters. The summed E-state index contributed by atoms with van der Waals surface area (Å²) in [5.74, 6) is -0.430. The van der Waals surface area contributed by atoms with E-state index >= 15 is 0 Å². The van der Waals surface area contributed by atoms with E-state index in [0.717, 1.165) is 29.5 Å². The number of phenols is 2. The molecule has 3 N–H and O–H groups in total. The van der Waals surface area contributed by atoms with Gasteiger partial charge in [0.15, 0.2) is 11.5 Å². The van der Waals surface area contributed by atoms with Crippen LogP contribution in [0.5, 0.6) is 11.5 Å². The molecular weight excluding hydrogens is 352 g/mol. The van der Waals surface area contributed by atoms with E-state index in [0.29, 0.717) is 0 Å². The van der Waals surface area contributed by atoms with Crippen molar-refractivity contribution in [3.63, 3.8) is 0 Å². The number of phenolic OH excluding ortho intramolecular Hbond substituents is 2. The Morgan fingerprint density at radius 1 is 1.00 bits per heavy atom. The average molecular weight is 376 g/mol. The molecule has 1 heterocycles. The van der Waals surface area contributed by atoms with Gasteiger partial charge in [-0.15, -0.1) is 0 Å². The summed E-state index contributed by atoms with van der Waals surface area (Å²) in [6, 6.07) is 12.9. The normalized spacial score (nSPS) is 18.8. The average Bonchev–Trinajstić information content (AvgIpc) is 3.58. The Morgan fingerprint density at radius 2 is 1.75 bits per heavy atom. The summed E-state index contributed by atoms with van der Waals surface area (Å²) < 4.78 is 2.26. The van der Waals surface area contributed by atoms with E-state index in [-0.39, 0.29) is 22.8 Å². The first-order valence-electron chi connectivity index (χ1n) is 9.76. The lowest BCUT2D eigenvalue weighted by molar-refractivity contribution is -0.118. The molecule has 0 aliphatic heterocycles. The molecule has 28 heavy (non-hydrogen) atoms. The number of hydrogen-bond acceptors (Lipinski definition) is 3. The quantitative estimate of drug-likeness (QED) is 0.594. The topological polar surface area (TPSA) is 74.5 Å². The fourth-order valence-electron chi connectivity index (χ4n) is 4.29. The van der Waals surface area contributed by atoms with Gasteiger partial charge in [-0.05, 0) is 67.6 Å². The van der Waals surface area contributed by atoms with E-state index in [2.05, 4.69) is 36.0 Å². The highest BCUT2D eigenvalue weighted by atomic mass is 16.3. The van der Waals surface area contributed by atoms with Gasteiger partial charge >= 0.3 is 0 Å². The number of amides is 1. The van der Waals surface area contributed by atoms with Gasteiger partial charge in [-0.3, -0.25) is 4.79 Å². The van der Waals surface area contributed by atoms with Gasteiger partial charge < -0.3 is 20.1 Å². The number of rotatable bonds is 4. The maximum absolute atomic E-state index is 13.0. The maximum atomic E-state index is 13.0. The number of nitrogens with zero attached hydrogens (tertiary/aromatic N) is 1. The Hall–Kier alpha value is -2.95. The van der Waals surface area contributed by atoms with E-state index < -0.39 is 5.41 Å². The summed E-state index contributed by atoms with van der Waals surface area (Å²) >= 11 is 0. The SMILES string of the molecule is Cn1c(C2(C)CC2)cc2cc(NC(=O)C3(c4ccc(O)c(O)c4)CC3)ccc21. The van der Waals surface area contributed by atoms with Gasteiger partial charge in [-0.2, -0.15) is 0 Å². The summed E-state index contributed by atoms with van der Waals surface area (Å²) in [5, 5.41) is 23.5. The van der Waals surface area contributed by atoms with Crippen molar-refractivity contribution in [1.82, 2.24) is 4.57 Å². The fourth-order valence-corrected chi connectivity index (χ4v) is 4.29. The number of fused-ring (bicyclic) bond motifs is 1. The molecule has 2 aliphatic carbocycles. The van der Waals surface area contributed by atoms with Crippen molar-refractivity contribution in [2.24, 2.45) is 7.05 Å². The third-order valence-electron chi connectivity index (χ3n) is 6.63. The molecule has 5 rings (SSSR count). The number of benzene rings is 2. The lowest BCUT2D eigenvalue weighted by Gasteiger charge is -2.16. The highest BCUT2D eigenvalue weighted by molar-refractivity contribution is 6.02. The zero-order chi connectivity index (χ0) is 19.7. The second-order valence-electron chi connectivity index (χ2n) is 8.66. The molecule has 0 saturated heterocycles. The first kappa shape index (κ1) is 17.2. The molecule has 2 aromatic carbocycles. The van der Waals surface area contributed by atoms with Gasteiger partial charge in [0.05, 0.1) is 5.41 Å². The Balaban J connectivity index is 1.43. The van der Waals surface area contributed by atoms with Crippen LogP contribution in [0.25, 0.3) is 10.9 Å². The number of nitrogens with one attached hydrogen (secondary N) is 1. The zero-order valence-electron chi connectivity index (χ0n) is 16.1. The van der Waals surface area contributed by atoms with Crippen LogP contribution in [0.1, 0.15) is 43.9 Å². The Bertz CT molecular complexity index is 1120. The third kappa shape index (κ3) is 2.49. The number of carbonyl (C=O) groups is 1. The van der Waals surface area contributed by atoms with E-state index in [1.54, 1.807) is 6.07 Å². The standard InChI is InChI=1S/C23H24N2O3/c1-22(7-8-22)20-12-14-11-16(4-5-17(14)25(20)2)24-21(28)23(9-10-23)15-3-6-18(26)19(27)13-15/h3-6,11-13,26-27H,7-10H2,1-2H3,(H,24,28). The molecule has 2 fully saturated rings. The van der Waals surface area contributed by atoms with E-state index in [1.807, 2.05) is 12.1 Å². The van der Waals surface area contributed by atoms with Crippen molar-refractivity contribution in [2.45, 2.75) is 43.4 Å². The summed E-state index contributed by atoms with van der Waals surface area (Å²) in [7, 11) is 2.11. The van der Waals surface area contributed by atoms with Gasteiger partial charge in [0.1, 0.15) is 0 Å². The number of anilines is 1. The molecule has 1 amide bonds. The van der Waals surface area contributed by atoms with Crippen molar-refractivity contribution in [3.05, 3.63) is 53.7 Å². The summed E-state index contributed by atoms with van der Waals surface area (Å²) in [6.45, 7) is 2.30. The minimum atomic E-state index is -0.622. The highest BCUT2D eigenvalue weighted by Gasteiger charge is 2.51. The molecule has 0 spiro atoms. The van der Waals surface area contributed by atoms with Crippen LogP contribution in [0.4, 0.5) is 5.69 Å². The molecule has 1 aromatic heterocycles. The first-order valence-corrected chi connectivity index (χ1v) is 9.76. The fraction of sp³-hybridized carbons (Fsp3) is 0.348. The van der Waals surface area contributed by atoms with Gasteiger partial charge in [-0.1, -0.05) is 13.0 Å². The number of aromatic hydroxyl groups is 2. The molecule has 0 unspecified atom stereocenters.